The monoisotopic (exact) mass is 455 g/mol. The van der Waals surface area contributed by atoms with Crippen molar-refractivity contribution in [3.05, 3.63) is 65.2 Å². The number of rotatable bonds is 13. The summed E-state index contributed by atoms with van der Waals surface area (Å²) in [5, 5.41) is 0. The molecule has 1 saturated carbocycles. The van der Waals surface area contributed by atoms with Crippen LogP contribution >= 0.6 is 0 Å². The molecule has 31 heavy (non-hydrogen) atoms. The highest BCUT2D eigenvalue weighted by molar-refractivity contribution is 7.89. The average molecular weight is 456 g/mol. The highest BCUT2D eigenvalue weighted by atomic mass is 32.2. The molecule has 0 saturated heterocycles. The molecule has 1 atom stereocenters. The lowest BCUT2D eigenvalue weighted by Crippen LogP contribution is -2.32. The minimum atomic E-state index is -3.71. The maximum Gasteiger partial charge on any atom is 0.212 e. The summed E-state index contributed by atoms with van der Waals surface area (Å²) in [7, 11) is -2.23. The van der Waals surface area contributed by atoms with E-state index in [1.165, 1.54) is 49.6 Å². The fourth-order valence-corrected chi connectivity index (χ4v) is 4.26. The SMILES string of the molecule is COCOCCCS(=O)(=O)N[C@H](c1ccc(F)cc1)c1ccc(F)c(OCC2CC2)c1. The van der Waals surface area contributed by atoms with Gasteiger partial charge in [0.1, 0.15) is 12.6 Å². The predicted molar refractivity (Wildman–Crippen MR) is 112 cm³/mol. The number of sulfonamides is 1. The molecular formula is C22H27F2NO5S. The maximum atomic E-state index is 14.2. The van der Waals surface area contributed by atoms with E-state index in [1.807, 2.05) is 0 Å². The lowest BCUT2D eigenvalue weighted by molar-refractivity contribution is -0.0298. The van der Waals surface area contributed by atoms with Crippen LogP contribution in [0.4, 0.5) is 8.78 Å². The molecule has 1 N–H and O–H groups in total. The van der Waals surface area contributed by atoms with E-state index in [9.17, 15) is 17.2 Å². The summed E-state index contributed by atoms with van der Waals surface area (Å²) in [6.07, 6.45) is 2.40. The molecule has 1 aliphatic carbocycles. The Kier molecular flexibility index (Phi) is 8.36. The summed E-state index contributed by atoms with van der Waals surface area (Å²) in [6.45, 7) is 0.741. The maximum absolute atomic E-state index is 14.2. The Morgan fingerprint density at radius 2 is 1.81 bits per heavy atom. The summed E-state index contributed by atoms with van der Waals surface area (Å²) in [5.41, 5.74) is 1.03. The van der Waals surface area contributed by atoms with Gasteiger partial charge in [-0.1, -0.05) is 18.2 Å². The molecule has 0 aliphatic heterocycles. The van der Waals surface area contributed by atoms with Gasteiger partial charge < -0.3 is 14.2 Å². The van der Waals surface area contributed by atoms with Gasteiger partial charge >= 0.3 is 0 Å². The van der Waals surface area contributed by atoms with Gasteiger partial charge in [-0.3, -0.25) is 0 Å². The summed E-state index contributed by atoms with van der Waals surface area (Å²) < 4.78 is 71.2. The van der Waals surface area contributed by atoms with E-state index in [-0.39, 0.29) is 31.3 Å². The number of benzene rings is 2. The van der Waals surface area contributed by atoms with E-state index < -0.39 is 27.7 Å². The van der Waals surface area contributed by atoms with Crippen LogP contribution in [0.15, 0.2) is 42.5 Å². The molecule has 0 heterocycles. The number of hydrogen-bond acceptors (Lipinski definition) is 5. The Morgan fingerprint density at radius 1 is 1.10 bits per heavy atom. The van der Waals surface area contributed by atoms with Crippen LogP contribution in [-0.2, 0) is 19.5 Å². The zero-order valence-electron chi connectivity index (χ0n) is 17.4. The third-order valence-electron chi connectivity index (χ3n) is 4.86. The van der Waals surface area contributed by atoms with Crippen LogP contribution in [0.5, 0.6) is 5.75 Å². The van der Waals surface area contributed by atoms with E-state index in [1.54, 1.807) is 0 Å². The van der Waals surface area contributed by atoms with E-state index in [0.717, 1.165) is 12.8 Å². The van der Waals surface area contributed by atoms with E-state index in [2.05, 4.69) is 4.72 Å². The van der Waals surface area contributed by atoms with Crippen molar-refractivity contribution >= 4 is 10.0 Å². The van der Waals surface area contributed by atoms with Gasteiger partial charge in [0.25, 0.3) is 0 Å². The molecule has 3 rings (SSSR count). The number of ether oxygens (including phenoxy) is 3. The van der Waals surface area contributed by atoms with Gasteiger partial charge in [0.05, 0.1) is 25.0 Å². The van der Waals surface area contributed by atoms with Gasteiger partial charge in [-0.2, -0.15) is 0 Å². The van der Waals surface area contributed by atoms with Crippen LogP contribution in [0.25, 0.3) is 0 Å². The molecule has 1 fully saturated rings. The summed E-state index contributed by atoms with van der Waals surface area (Å²) in [4.78, 5) is 0. The summed E-state index contributed by atoms with van der Waals surface area (Å²) >= 11 is 0. The smallest absolute Gasteiger partial charge is 0.212 e. The van der Waals surface area contributed by atoms with Crippen molar-refractivity contribution in [3.63, 3.8) is 0 Å². The third kappa shape index (κ3) is 7.53. The molecule has 0 amide bonds. The summed E-state index contributed by atoms with van der Waals surface area (Å²) in [6, 6.07) is 8.92. The van der Waals surface area contributed by atoms with Crippen molar-refractivity contribution in [2.45, 2.75) is 25.3 Å². The van der Waals surface area contributed by atoms with Gasteiger partial charge in [-0.05, 0) is 60.6 Å². The second-order valence-corrected chi connectivity index (χ2v) is 9.41. The molecule has 0 aromatic heterocycles. The second kappa shape index (κ2) is 11.0. The van der Waals surface area contributed by atoms with E-state index >= 15 is 0 Å². The average Bonchev–Trinajstić information content (AvgIpc) is 3.57. The largest absolute Gasteiger partial charge is 0.490 e. The first-order valence-electron chi connectivity index (χ1n) is 10.1. The van der Waals surface area contributed by atoms with Crippen molar-refractivity contribution in [2.24, 2.45) is 5.92 Å². The molecule has 2 aromatic carbocycles. The normalized spacial score (nSPS) is 15.1. The third-order valence-corrected chi connectivity index (χ3v) is 6.28. The molecule has 1 aliphatic rings. The highest BCUT2D eigenvalue weighted by Crippen LogP contribution is 2.32. The van der Waals surface area contributed by atoms with Gasteiger partial charge in [0.15, 0.2) is 11.6 Å². The summed E-state index contributed by atoms with van der Waals surface area (Å²) in [5.74, 6) is -0.604. The molecule has 0 bridgehead atoms. The first-order valence-corrected chi connectivity index (χ1v) is 11.8. The molecule has 0 spiro atoms. The number of hydrogen-bond donors (Lipinski definition) is 1. The van der Waals surface area contributed by atoms with Gasteiger partial charge in [-0.25, -0.2) is 21.9 Å². The quantitative estimate of drug-likeness (QED) is 0.368. The lowest BCUT2D eigenvalue weighted by atomic mass is 9.99. The minimum absolute atomic E-state index is 0.0728. The van der Waals surface area contributed by atoms with Crippen molar-refractivity contribution in [2.75, 3.05) is 32.9 Å². The molecule has 170 valence electrons. The molecule has 0 unspecified atom stereocenters. The van der Waals surface area contributed by atoms with Crippen molar-refractivity contribution in [3.8, 4) is 5.75 Å². The van der Waals surface area contributed by atoms with E-state index in [0.29, 0.717) is 23.7 Å². The second-order valence-electron chi connectivity index (χ2n) is 7.53. The van der Waals surface area contributed by atoms with Crippen LogP contribution in [0.3, 0.4) is 0 Å². The number of nitrogens with one attached hydrogen (secondary N) is 1. The fraction of sp³-hybridized carbons (Fsp3) is 0.455. The Balaban J connectivity index is 1.79. The topological polar surface area (TPSA) is 73.9 Å². The van der Waals surface area contributed by atoms with Crippen LogP contribution in [0.1, 0.15) is 36.4 Å². The van der Waals surface area contributed by atoms with Crippen molar-refractivity contribution in [1.29, 1.82) is 0 Å². The molecule has 9 heteroatoms. The zero-order valence-corrected chi connectivity index (χ0v) is 18.2. The zero-order chi connectivity index (χ0) is 22.3. The van der Waals surface area contributed by atoms with E-state index in [4.69, 9.17) is 14.2 Å². The minimum Gasteiger partial charge on any atom is -0.490 e. The lowest BCUT2D eigenvalue weighted by Gasteiger charge is -2.21. The Bertz CT molecular complexity index is 949. The van der Waals surface area contributed by atoms with Gasteiger partial charge in [0, 0.05) is 7.11 Å². The first kappa shape index (κ1) is 23.6. The van der Waals surface area contributed by atoms with Gasteiger partial charge in [0.2, 0.25) is 10.0 Å². The van der Waals surface area contributed by atoms with Crippen molar-refractivity contribution in [1.82, 2.24) is 4.72 Å². The molecule has 0 radical (unpaired) electrons. The fourth-order valence-electron chi connectivity index (χ4n) is 3.02. The Morgan fingerprint density at radius 3 is 2.48 bits per heavy atom. The Hall–Kier alpha value is -2.07. The van der Waals surface area contributed by atoms with Gasteiger partial charge in [-0.15, -0.1) is 0 Å². The highest BCUT2D eigenvalue weighted by Gasteiger charge is 2.25. The Labute approximate surface area is 181 Å². The van der Waals surface area contributed by atoms with Crippen LogP contribution in [0, 0.1) is 17.6 Å². The number of halogens is 2. The molecule has 2 aromatic rings. The van der Waals surface area contributed by atoms with Crippen LogP contribution in [-0.4, -0.2) is 41.3 Å². The molecule has 6 nitrogen and oxygen atoms in total. The predicted octanol–water partition coefficient (Wildman–Crippen LogP) is 3.77. The molecular weight excluding hydrogens is 428 g/mol. The van der Waals surface area contributed by atoms with Crippen LogP contribution < -0.4 is 9.46 Å². The van der Waals surface area contributed by atoms with Crippen molar-refractivity contribution < 1.29 is 31.4 Å². The first-order chi connectivity index (χ1) is 14.9. The number of methoxy groups -OCH3 is 1. The standard InChI is InChI=1S/C22H27F2NO5S/c1-28-15-29-11-2-12-31(26,27)25-22(17-5-8-19(23)9-6-17)18-7-10-20(24)21(13-18)30-14-16-3-4-16/h5-10,13,16,22,25H,2-4,11-12,14-15H2,1H3/t22-/m1/s1. The van der Waals surface area contributed by atoms with Crippen LogP contribution in [0.2, 0.25) is 0 Å².